The summed E-state index contributed by atoms with van der Waals surface area (Å²) in [6, 6.07) is 7.33. The second kappa shape index (κ2) is 7.48. The number of rotatable bonds is 7. The van der Waals surface area contributed by atoms with E-state index in [1.807, 2.05) is 25.1 Å². The standard InChI is InChI=1S/C16H22ClNO2/c1-5-12(2)9-10-19-16(4,20-13(3)18)14-7-6-8-15(17)11-14/h6-11,13H,2,5,18H2,1,3-4H3/b10-9+. The first kappa shape index (κ1) is 16.8. The van der Waals surface area contributed by atoms with Gasteiger partial charge in [0.05, 0.1) is 6.26 Å². The molecule has 2 unspecified atom stereocenters. The minimum atomic E-state index is -0.996. The van der Waals surface area contributed by atoms with Crippen molar-refractivity contribution in [1.82, 2.24) is 0 Å². The third kappa shape index (κ3) is 5.00. The molecule has 0 saturated heterocycles. The molecule has 0 aliphatic rings. The van der Waals surface area contributed by atoms with Gasteiger partial charge in [-0.05, 0) is 31.6 Å². The highest BCUT2D eigenvalue weighted by atomic mass is 35.5. The van der Waals surface area contributed by atoms with Gasteiger partial charge in [-0.1, -0.05) is 42.8 Å². The van der Waals surface area contributed by atoms with Crippen LogP contribution >= 0.6 is 11.6 Å². The van der Waals surface area contributed by atoms with E-state index in [0.717, 1.165) is 17.6 Å². The summed E-state index contributed by atoms with van der Waals surface area (Å²) in [5.74, 6) is -0.996. The summed E-state index contributed by atoms with van der Waals surface area (Å²) < 4.78 is 11.5. The summed E-state index contributed by atoms with van der Waals surface area (Å²) in [6.07, 6.45) is 3.78. The molecule has 3 nitrogen and oxygen atoms in total. The largest absolute Gasteiger partial charge is 0.466 e. The second-order valence-electron chi connectivity index (χ2n) is 4.71. The number of hydrogen-bond acceptors (Lipinski definition) is 3. The van der Waals surface area contributed by atoms with Crippen molar-refractivity contribution in [1.29, 1.82) is 0 Å². The summed E-state index contributed by atoms with van der Waals surface area (Å²) in [4.78, 5) is 0. The zero-order valence-corrected chi connectivity index (χ0v) is 13.0. The maximum absolute atomic E-state index is 6.02. The molecule has 0 aliphatic heterocycles. The fourth-order valence-electron chi connectivity index (χ4n) is 1.67. The van der Waals surface area contributed by atoms with Crippen LogP contribution in [0.3, 0.4) is 0 Å². The SMILES string of the molecule is C=C(/C=C/OC(C)(OC(C)N)c1cccc(Cl)c1)CC. The third-order valence-corrected chi connectivity index (χ3v) is 3.05. The number of hydrogen-bond donors (Lipinski definition) is 1. The molecule has 20 heavy (non-hydrogen) atoms. The second-order valence-corrected chi connectivity index (χ2v) is 5.15. The van der Waals surface area contributed by atoms with Gasteiger partial charge in [0.2, 0.25) is 5.79 Å². The quantitative estimate of drug-likeness (QED) is 0.462. The van der Waals surface area contributed by atoms with E-state index in [1.54, 1.807) is 32.2 Å². The molecule has 0 radical (unpaired) electrons. The zero-order valence-electron chi connectivity index (χ0n) is 12.2. The minimum absolute atomic E-state index is 0.471. The van der Waals surface area contributed by atoms with Crippen LogP contribution in [0.25, 0.3) is 0 Å². The Labute approximate surface area is 126 Å². The Morgan fingerprint density at radius 3 is 2.80 bits per heavy atom. The number of nitrogens with two attached hydrogens (primary N) is 1. The van der Waals surface area contributed by atoms with Crippen molar-refractivity contribution in [2.24, 2.45) is 5.73 Å². The lowest BCUT2D eigenvalue weighted by Crippen LogP contribution is -2.35. The molecule has 4 heteroatoms. The summed E-state index contributed by atoms with van der Waals surface area (Å²) >= 11 is 6.02. The lowest BCUT2D eigenvalue weighted by Gasteiger charge is -2.31. The van der Waals surface area contributed by atoms with Crippen molar-refractivity contribution >= 4 is 11.6 Å². The van der Waals surface area contributed by atoms with Gasteiger partial charge in [-0.3, -0.25) is 0 Å². The van der Waals surface area contributed by atoms with Gasteiger partial charge >= 0.3 is 0 Å². The predicted molar refractivity (Wildman–Crippen MR) is 83.2 cm³/mol. The van der Waals surface area contributed by atoms with Crippen LogP contribution in [0.2, 0.25) is 5.02 Å². The van der Waals surface area contributed by atoms with E-state index in [4.69, 9.17) is 26.8 Å². The highest BCUT2D eigenvalue weighted by molar-refractivity contribution is 6.30. The van der Waals surface area contributed by atoms with Gasteiger partial charge in [-0.25, -0.2) is 0 Å². The third-order valence-electron chi connectivity index (χ3n) is 2.81. The molecule has 2 N–H and O–H groups in total. The van der Waals surface area contributed by atoms with Crippen molar-refractivity contribution < 1.29 is 9.47 Å². The number of allylic oxidation sites excluding steroid dienone is 2. The molecular weight excluding hydrogens is 274 g/mol. The van der Waals surface area contributed by atoms with Crippen LogP contribution in [0.1, 0.15) is 32.8 Å². The average molecular weight is 296 g/mol. The van der Waals surface area contributed by atoms with Crippen molar-refractivity contribution in [3.8, 4) is 0 Å². The topological polar surface area (TPSA) is 44.5 Å². The molecule has 0 saturated carbocycles. The lowest BCUT2D eigenvalue weighted by molar-refractivity contribution is -0.225. The van der Waals surface area contributed by atoms with Crippen molar-refractivity contribution in [2.75, 3.05) is 0 Å². The predicted octanol–water partition coefficient (Wildman–Crippen LogP) is 4.33. The average Bonchev–Trinajstić information content (AvgIpc) is 2.37. The van der Waals surface area contributed by atoms with Crippen molar-refractivity contribution in [3.63, 3.8) is 0 Å². The molecule has 0 aliphatic carbocycles. The van der Waals surface area contributed by atoms with Crippen molar-refractivity contribution in [3.05, 3.63) is 59.3 Å². The molecule has 110 valence electrons. The molecule has 0 heterocycles. The Bertz CT molecular complexity index is 485. The van der Waals surface area contributed by atoms with E-state index in [2.05, 4.69) is 6.58 Å². The number of halogens is 1. The Kier molecular flexibility index (Phi) is 6.27. The van der Waals surface area contributed by atoms with Gasteiger partial charge in [-0.15, -0.1) is 0 Å². The van der Waals surface area contributed by atoms with Crippen molar-refractivity contribution in [2.45, 2.75) is 39.2 Å². The van der Waals surface area contributed by atoms with E-state index in [0.29, 0.717) is 5.02 Å². The molecule has 0 bridgehead atoms. The van der Waals surface area contributed by atoms with Gasteiger partial charge in [0.25, 0.3) is 0 Å². The maximum atomic E-state index is 6.02. The molecule has 0 amide bonds. The molecule has 1 rings (SSSR count). The normalized spacial score (nSPS) is 15.8. The van der Waals surface area contributed by atoms with E-state index in [1.165, 1.54) is 0 Å². The van der Waals surface area contributed by atoms with Crippen LogP contribution in [0, 0.1) is 0 Å². The Morgan fingerprint density at radius 1 is 1.55 bits per heavy atom. The zero-order chi connectivity index (χ0) is 15.2. The van der Waals surface area contributed by atoms with Crippen LogP contribution in [0.4, 0.5) is 0 Å². The van der Waals surface area contributed by atoms with Gasteiger partial charge in [0, 0.05) is 17.5 Å². The fraction of sp³-hybridized carbons (Fsp3) is 0.375. The number of benzene rings is 1. The first-order chi connectivity index (χ1) is 9.37. The molecule has 1 aromatic rings. The van der Waals surface area contributed by atoms with E-state index < -0.39 is 12.0 Å². The molecule has 0 fully saturated rings. The Hall–Kier alpha value is -1.29. The summed E-state index contributed by atoms with van der Waals surface area (Å²) in [5, 5.41) is 0.618. The van der Waals surface area contributed by atoms with E-state index in [-0.39, 0.29) is 0 Å². The minimum Gasteiger partial charge on any atom is -0.466 e. The fourth-order valence-corrected chi connectivity index (χ4v) is 1.86. The van der Waals surface area contributed by atoms with Crippen LogP contribution < -0.4 is 5.73 Å². The van der Waals surface area contributed by atoms with Gasteiger partial charge in [0.15, 0.2) is 0 Å². The Morgan fingerprint density at radius 2 is 2.25 bits per heavy atom. The van der Waals surface area contributed by atoms with Crippen LogP contribution in [0.5, 0.6) is 0 Å². The molecular formula is C16H22ClNO2. The highest BCUT2D eigenvalue weighted by Crippen LogP contribution is 2.30. The van der Waals surface area contributed by atoms with Crippen LogP contribution in [0.15, 0.2) is 48.8 Å². The molecule has 0 spiro atoms. The molecule has 0 aromatic heterocycles. The molecule has 2 atom stereocenters. The summed E-state index contributed by atoms with van der Waals surface area (Å²) in [7, 11) is 0. The summed E-state index contributed by atoms with van der Waals surface area (Å²) in [6.45, 7) is 9.47. The highest BCUT2D eigenvalue weighted by Gasteiger charge is 2.30. The first-order valence-electron chi connectivity index (χ1n) is 6.59. The molecule has 1 aromatic carbocycles. The Balaban J connectivity index is 2.97. The smallest absolute Gasteiger partial charge is 0.235 e. The van der Waals surface area contributed by atoms with E-state index in [9.17, 15) is 0 Å². The maximum Gasteiger partial charge on any atom is 0.235 e. The van der Waals surface area contributed by atoms with Crippen LogP contribution in [-0.4, -0.2) is 6.23 Å². The monoisotopic (exact) mass is 295 g/mol. The number of ether oxygens (including phenoxy) is 2. The first-order valence-corrected chi connectivity index (χ1v) is 6.96. The summed E-state index contributed by atoms with van der Waals surface area (Å²) in [5.41, 5.74) is 7.51. The lowest BCUT2D eigenvalue weighted by atomic mass is 10.1. The van der Waals surface area contributed by atoms with Crippen LogP contribution in [-0.2, 0) is 15.3 Å². The van der Waals surface area contributed by atoms with Gasteiger partial charge < -0.3 is 15.2 Å². The van der Waals surface area contributed by atoms with Gasteiger partial charge in [-0.2, -0.15) is 0 Å². The van der Waals surface area contributed by atoms with E-state index >= 15 is 0 Å². The van der Waals surface area contributed by atoms with Gasteiger partial charge in [0.1, 0.15) is 6.23 Å².